The van der Waals surface area contributed by atoms with Crippen LogP contribution in [-0.4, -0.2) is 60.3 Å². The number of aromatic amines is 1. The van der Waals surface area contributed by atoms with Crippen molar-refractivity contribution >= 4 is 29.2 Å². The zero-order valence-electron chi connectivity index (χ0n) is 17.3. The van der Waals surface area contributed by atoms with Crippen LogP contribution >= 0.6 is 0 Å². The zero-order valence-corrected chi connectivity index (χ0v) is 17.3. The summed E-state index contributed by atoms with van der Waals surface area (Å²) in [5, 5.41) is 2.91. The summed E-state index contributed by atoms with van der Waals surface area (Å²) in [4.78, 5) is 33.3. The van der Waals surface area contributed by atoms with Crippen LogP contribution in [0.15, 0.2) is 24.3 Å². The molecule has 1 aromatic carbocycles. The molecule has 29 heavy (non-hydrogen) atoms. The quantitative estimate of drug-likeness (QED) is 0.786. The maximum Gasteiger partial charge on any atom is 0.256 e. The molecule has 2 aliphatic rings. The Hall–Kier alpha value is -2.86. The summed E-state index contributed by atoms with van der Waals surface area (Å²) in [7, 11) is 4.05. The number of nitrogens with zero attached hydrogens (tertiary/aromatic N) is 2. The fourth-order valence-electron chi connectivity index (χ4n) is 4.13. The SMILES string of the molecule is Cc1c(/C=C2\C(=O)Nc3ccccc32)[nH]c2c1C(=O)N(CCN(C)C)CCCC2. The van der Waals surface area contributed by atoms with Gasteiger partial charge < -0.3 is 20.1 Å². The molecule has 0 spiro atoms. The van der Waals surface area contributed by atoms with E-state index in [2.05, 4.69) is 15.2 Å². The summed E-state index contributed by atoms with van der Waals surface area (Å²) in [6, 6.07) is 7.69. The van der Waals surface area contributed by atoms with Crippen molar-refractivity contribution in [2.45, 2.75) is 26.2 Å². The van der Waals surface area contributed by atoms with Gasteiger partial charge in [-0.1, -0.05) is 18.2 Å². The molecule has 0 radical (unpaired) electrons. The van der Waals surface area contributed by atoms with Gasteiger partial charge >= 0.3 is 0 Å². The Bertz CT molecular complexity index is 987. The highest BCUT2D eigenvalue weighted by atomic mass is 16.2. The second-order valence-electron chi connectivity index (χ2n) is 8.13. The van der Waals surface area contributed by atoms with Gasteiger partial charge in [-0.25, -0.2) is 0 Å². The van der Waals surface area contributed by atoms with Crippen LogP contribution in [0, 0.1) is 6.92 Å². The number of benzene rings is 1. The third-order valence-corrected chi connectivity index (χ3v) is 5.79. The zero-order chi connectivity index (χ0) is 20.5. The number of carbonyl (C=O) groups excluding carboxylic acids is 2. The standard InChI is InChI=1S/C23H28N4O2/c1-15-20(14-17-16-8-4-5-9-18(16)25-22(17)28)24-19-10-6-7-11-27(13-12-26(2)3)23(29)21(15)19/h4-5,8-9,14,24H,6-7,10-13H2,1-3H3,(H,25,28)/b17-14-. The Morgan fingerprint density at radius 3 is 2.76 bits per heavy atom. The highest BCUT2D eigenvalue weighted by Gasteiger charge is 2.28. The number of nitrogens with one attached hydrogen (secondary N) is 2. The lowest BCUT2D eigenvalue weighted by atomic mass is 10.0. The molecule has 0 saturated carbocycles. The predicted molar refractivity (Wildman–Crippen MR) is 116 cm³/mol. The Morgan fingerprint density at radius 1 is 1.17 bits per heavy atom. The molecule has 0 bridgehead atoms. The van der Waals surface area contributed by atoms with Crippen LogP contribution in [0.4, 0.5) is 5.69 Å². The first kappa shape index (κ1) is 19.5. The Kier molecular flexibility index (Phi) is 5.28. The first-order valence-corrected chi connectivity index (χ1v) is 10.2. The number of carbonyl (C=O) groups is 2. The van der Waals surface area contributed by atoms with Crippen molar-refractivity contribution < 1.29 is 9.59 Å². The number of rotatable bonds is 4. The van der Waals surface area contributed by atoms with Crippen molar-refractivity contribution in [3.05, 3.63) is 52.3 Å². The van der Waals surface area contributed by atoms with Crippen molar-refractivity contribution in [3.8, 4) is 0 Å². The van der Waals surface area contributed by atoms with E-state index in [1.54, 1.807) is 0 Å². The summed E-state index contributed by atoms with van der Waals surface area (Å²) in [6.07, 6.45) is 4.79. The molecule has 2 N–H and O–H groups in total. The molecule has 2 aromatic rings. The molecular formula is C23H28N4O2. The van der Waals surface area contributed by atoms with Gasteiger partial charge in [0.15, 0.2) is 0 Å². The average Bonchev–Trinajstić information content (AvgIpc) is 3.16. The number of H-pyrrole nitrogens is 1. The number of hydrogen-bond acceptors (Lipinski definition) is 3. The third-order valence-electron chi connectivity index (χ3n) is 5.79. The van der Waals surface area contributed by atoms with Crippen molar-refractivity contribution in [2.24, 2.45) is 0 Å². The van der Waals surface area contributed by atoms with Crippen LogP contribution in [0.3, 0.4) is 0 Å². The molecule has 0 aliphatic carbocycles. The van der Waals surface area contributed by atoms with Crippen molar-refractivity contribution in [3.63, 3.8) is 0 Å². The van der Waals surface area contributed by atoms with E-state index in [0.717, 1.165) is 72.7 Å². The van der Waals surface area contributed by atoms with Gasteiger partial charge in [-0.05, 0) is 58.0 Å². The second-order valence-corrected chi connectivity index (χ2v) is 8.13. The molecule has 0 saturated heterocycles. The number of hydrogen-bond donors (Lipinski definition) is 2. The van der Waals surface area contributed by atoms with E-state index in [-0.39, 0.29) is 11.8 Å². The fourth-order valence-corrected chi connectivity index (χ4v) is 4.13. The van der Waals surface area contributed by atoms with Gasteiger partial charge in [-0.2, -0.15) is 0 Å². The number of aromatic nitrogens is 1. The Morgan fingerprint density at radius 2 is 1.97 bits per heavy atom. The van der Waals surface area contributed by atoms with Crippen LogP contribution in [-0.2, 0) is 11.2 Å². The maximum absolute atomic E-state index is 13.3. The van der Waals surface area contributed by atoms with Crippen LogP contribution < -0.4 is 5.32 Å². The van der Waals surface area contributed by atoms with E-state index >= 15 is 0 Å². The number of aryl methyl sites for hydroxylation is 1. The minimum absolute atomic E-state index is 0.0937. The van der Waals surface area contributed by atoms with Gasteiger partial charge in [0.2, 0.25) is 0 Å². The molecule has 0 unspecified atom stereocenters. The van der Waals surface area contributed by atoms with E-state index < -0.39 is 0 Å². The van der Waals surface area contributed by atoms with Crippen LogP contribution in [0.2, 0.25) is 0 Å². The van der Waals surface area contributed by atoms with Gasteiger partial charge in [-0.15, -0.1) is 0 Å². The van der Waals surface area contributed by atoms with Gasteiger partial charge in [0, 0.05) is 42.3 Å². The summed E-state index contributed by atoms with van der Waals surface area (Å²) < 4.78 is 0. The molecule has 6 heteroatoms. The summed E-state index contributed by atoms with van der Waals surface area (Å²) in [6.45, 7) is 4.34. The highest BCUT2D eigenvalue weighted by molar-refractivity contribution is 6.34. The average molecular weight is 393 g/mol. The lowest BCUT2D eigenvalue weighted by Gasteiger charge is -2.26. The Balaban J connectivity index is 1.71. The summed E-state index contributed by atoms with van der Waals surface area (Å²) in [5.41, 5.74) is 5.90. The second kappa shape index (κ2) is 7.87. The number of amides is 2. The monoisotopic (exact) mass is 392 g/mol. The molecular weight excluding hydrogens is 364 g/mol. The number of fused-ring (bicyclic) bond motifs is 2. The van der Waals surface area contributed by atoms with Gasteiger partial charge in [-0.3, -0.25) is 9.59 Å². The predicted octanol–water partition coefficient (Wildman–Crippen LogP) is 3.16. The third kappa shape index (κ3) is 3.72. The molecule has 0 fully saturated rings. The van der Waals surface area contributed by atoms with Gasteiger partial charge in [0.25, 0.3) is 11.8 Å². The lowest BCUT2D eigenvalue weighted by Crippen LogP contribution is -2.38. The molecule has 0 atom stereocenters. The van der Waals surface area contributed by atoms with Crippen molar-refractivity contribution in [2.75, 3.05) is 39.0 Å². The largest absolute Gasteiger partial charge is 0.358 e. The Labute approximate surface area is 171 Å². The topological polar surface area (TPSA) is 68.4 Å². The lowest BCUT2D eigenvalue weighted by molar-refractivity contribution is -0.110. The molecule has 2 amide bonds. The van der Waals surface area contributed by atoms with E-state index in [4.69, 9.17) is 0 Å². The molecule has 4 rings (SSSR count). The molecule has 2 aliphatic heterocycles. The van der Waals surface area contributed by atoms with Crippen LogP contribution in [0.1, 0.15) is 45.7 Å². The maximum atomic E-state index is 13.3. The molecule has 6 nitrogen and oxygen atoms in total. The van der Waals surface area contributed by atoms with E-state index in [1.807, 2.05) is 56.3 Å². The highest BCUT2D eigenvalue weighted by Crippen LogP contribution is 2.34. The van der Waals surface area contributed by atoms with Crippen LogP contribution in [0.5, 0.6) is 0 Å². The first-order valence-electron chi connectivity index (χ1n) is 10.2. The van der Waals surface area contributed by atoms with E-state index in [9.17, 15) is 9.59 Å². The van der Waals surface area contributed by atoms with Crippen molar-refractivity contribution in [1.82, 2.24) is 14.8 Å². The number of para-hydroxylation sites is 1. The fraction of sp³-hybridized carbons (Fsp3) is 0.391. The number of anilines is 1. The number of likely N-dealkylation sites (N-methyl/N-ethyl adjacent to an activating group) is 1. The van der Waals surface area contributed by atoms with E-state index in [0.29, 0.717) is 5.57 Å². The minimum Gasteiger partial charge on any atom is -0.358 e. The summed E-state index contributed by atoms with van der Waals surface area (Å²) in [5.74, 6) is -0.0113. The summed E-state index contributed by atoms with van der Waals surface area (Å²) >= 11 is 0. The first-order chi connectivity index (χ1) is 14.0. The van der Waals surface area contributed by atoms with Crippen LogP contribution in [0.25, 0.3) is 11.6 Å². The van der Waals surface area contributed by atoms with Crippen molar-refractivity contribution in [1.29, 1.82) is 0 Å². The minimum atomic E-state index is -0.105. The molecule has 3 heterocycles. The molecule has 152 valence electrons. The van der Waals surface area contributed by atoms with Gasteiger partial charge in [0.1, 0.15) is 0 Å². The normalized spacial score (nSPS) is 17.9. The van der Waals surface area contributed by atoms with E-state index in [1.165, 1.54) is 0 Å². The molecule has 1 aromatic heterocycles. The van der Waals surface area contributed by atoms with Gasteiger partial charge in [0.05, 0.1) is 11.1 Å². The smallest absolute Gasteiger partial charge is 0.256 e.